The average molecular weight is 276 g/mol. The lowest BCUT2D eigenvalue weighted by molar-refractivity contribution is -0.0477. The Bertz CT molecular complexity index is 453. The summed E-state index contributed by atoms with van der Waals surface area (Å²) in [5.41, 5.74) is 2.03. The van der Waals surface area contributed by atoms with Crippen LogP contribution in [-0.4, -0.2) is 53.3 Å². The Labute approximate surface area is 120 Å². The van der Waals surface area contributed by atoms with Crippen molar-refractivity contribution in [3.63, 3.8) is 0 Å². The van der Waals surface area contributed by atoms with Crippen molar-refractivity contribution in [2.45, 2.75) is 44.9 Å². The van der Waals surface area contributed by atoms with Crippen LogP contribution in [0.1, 0.15) is 37.2 Å². The summed E-state index contributed by atoms with van der Waals surface area (Å²) in [7, 11) is 0. The first-order valence-electron chi connectivity index (χ1n) is 7.60. The van der Waals surface area contributed by atoms with Crippen molar-refractivity contribution in [3.8, 4) is 0 Å². The van der Waals surface area contributed by atoms with Gasteiger partial charge in [-0.15, -0.1) is 0 Å². The van der Waals surface area contributed by atoms with Gasteiger partial charge in [0, 0.05) is 37.6 Å². The predicted octanol–water partition coefficient (Wildman–Crippen LogP) is 1.30. The van der Waals surface area contributed by atoms with Gasteiger partial charge in [-0.1, -0.05) is 0 Å². The summed E-state index contributed by atoms with van der Waals surface area (Å²) in [6, 6.07) is 0.884. The molecule has 1 aromatic rings. The minimum atomic E-state index is 0.212. The lowest BCUT2D eigenvalue weighted by Gasteiger charge is -2.35. The van der Waals surface area contributed by atoms with Crippen LogP contribution >= 0.6 is 0 Å². The molecule has 0 aromatic carbocycles. The molecule has 5 nitrogen and oxygen atoms in total. The number of rotatable bonds is 4. The summed E-state index contributed by atoms with van der Waals surface area (Å²) in [5, 5.41) is 3.54. The number of ether oxygens (including phenoxy) is 1. The van der Waals surface area contributed by atoms with Gasteiger partial charge in [-0.2, -0.15) is 0 Å². The third kappa shape index (κ3) is 3.00. The number of nitrogens with zero attached hydrogens (tertiary/aromatic N) is 3. The van der Waals surface area contributed by atoms with E-state index in [0.29, 0.717) is 12.1 Å². The third-order valence-electron chi connectivity index (χ3n) is 4.44. The maximum absolute atomic E-state index is 5.97. The molecule has 2 fully saturated rings. The van der Waals surface area contributed by atoms with Crippen LogP contribution in [0.25, 0.3) is 0 Å². The minimum absolute atomic E-state index is 0.212. The molecule has 110 valence electrons. The lowest BCUT2D eigenvalue weighted by Crippen LogP contribution is -2.49. The van der Waals surface area contributed by atoms with Crippen molar-refractivity contribution >= 4 is 0 Å². The molecule has 2 saturated heterocycles. The van der Waals surface area contributed by atoms with E-state index < -0.39 is 0 Å². The number of morpholine rings is 1. The molecular weight excluding hydrogens is 252 g/mol. The summed E-state index contributed by atoms with van der Waals surface area (Å²) < 4.78 is 5.97. The first kappa shape index (κ1) is 13.9. The second kappa shape index (κ2) is 6.16. The Balaban J connectivity index is 1.51. The number of hydrogen-bond acceptors (Lipinski definition) is 5. The van der Waals surface area contributed by atoms with Gasteiger partial charge in [-0.25, -0.2) is 0 Å². The molecule has 2 aliphatic rings. The van der Waals surface area contributed by atoms with Crippen LogP contribution < -0.4 is 5.32 Å². The van der Waals surface area contributed by atoms with E-state index in [-0.39, 0.29) is 6.04 Å². The van der Waals surface area contributed by atoms with Crippen molar-refractivity contribution in [2.75, 3.05) is 26.2 Å². The summed E-state index contributed by atoms with van der Waals surface area (Å²) >= 11 is 0. The van der Waals surface area contributed by atoms with E-state index in [4.69, 9.17) is 4.74 Å². The zero-order valence-corrected chi connectivity index (χ0v) is 12.4. The first-order valence-corrected chi connectivity index (χ1v) is 7.60. The highest BCUT2D eigenvalue weighted by Crippen LogP contribution is 2.22. The molecule has 1 aromatic heterocycles. The lowest BCUT2D eigenvalue weighted by atomic mass is 10.1. The zero-order chi connectivity index (χ0) is 13.9. The van der Waals surface area contributed by atoms with Crippen molar-refractivity contribution in [2.24, 2.45) is 0 Å². The van der Waals surface area contributed by atoms with E-state index in [1.165, 1.54) is 19.4 Å². The number of aromatic nitrogens is 2. The molecule has 3 atom stereocenters. The second-order valence-corrected chi connectivity index (χ2v) is 5.90. The largest absolute Gasteiger partial charge is 0.374 e. The van der Waals surface area contributed by atoms with Gasteiger partial charge in [-0.05, 0) is 33.2 Å². The Kier molecular flexibility index (Phi) is 4.29. The fourth-order valence-electron chi connectivity index (χ4n) is 3.26. The minimum Gasteiger partial charge on any atom is -0.374 e. The monoisotopic (exact) mass is 276 g/mol. The molecule has 2 aliphatic heterocycles. The predicted molar refractivity (Wildman–Crippen MR) is 77.5 cm³/mol. The molecule has 3 heterocycles. The van der Waals surface area contributed by atoms with Crippen molar-refractivity contribution < 1.29 is 4.74 Å². The van der Waals surface area contributed by atoms with Crippen LogP contribution in [0, 0.1) is 6.92 Å². The van der Waals surface area contributed by atoms with Crippen LogP contribution in [0.4, 0.5) is 0 Å². The number of fused-ring (bicyclic) bond motifs is 1. The van der Waals surface area contributed by atoms with Gasteiger partial charge in [0.1, 0.15) is 0 Å². The fourth-order valence-corrected chi connectivity index (χ4v) is 3.26. The second-order valence-electron chi connectivity index (χ2n) is 5.90. The molecule has 0 radical (unpaired) electrons. The quantitative estimate of drug-likeness (QED) is 0.898. The van der Waals surface area contributed by atoms with Gasteiger partial charge in [0.05, 0.1) is 24.1 Å². The van der Waals surface area contributed by atoms with Gasteiger partial charge in [0.15, 0.2) is 0 Å². The van der Waals surface area contributed by atoms with Gasteiger partial charge in [0.2, 0.25) is 0 Å². The molecule has 5 heteroatoms. The van der Waals surface area contributed by atoms with Crippen LogP contribution in [0.15, 0.2) is 12.4 Å². The molecule has 0 saturated carbocycles. The van der Waals surface area contributed by atoms with E-state index in [1.807, 2.05) is 6.92 Å². The Morgan fingerprint density at radius 1 is 1.45 bits per heavy atom. The Hall–Kier alpha value is -1.04. The summed E-state index contributed by atoms with van der Waals surface area (Å²) in [4.78, 5) is 11.3. The maximum atomic E-state index is 5.97. The van der Waals surface area contributed by atoms with Crippen LogP contribution in [0.3, 0.4) is 0 Å². The Morgan fingerprint density at radius 2 is 2.30 bits per heavy atom. The smallest absolute Gasteiger partial charge is 0.0827 e. The van der Waals surface area contributed by atoms with E-state index in [1.54, 1.807) is 12.4 Å². The van der Waals surface area contributed by atoms with Crippen molar-refractivity contribution in [3.05, 3.63) is 23.8 Å². The standard InChI is InChI=1S/C15H24N4O/c1-11-15(17-6-5-16-11)12(2)18-8-14-9-19-7-3-4-13(19)10-20-14/h5-6,12-14,18H,3-4,7-10H2,1-2H3. The van der Waals surface area contributed by atoms with Crippen molar-refractivity contribution in [1.82, 2.24) is 20.2 Å². The Morgan fingerprint density at radius 3 is 3.15 bits per heavy atom. The molecule has 1 N–H and O–H groups in total. The van der Waals surface area contributed by atoms with E-state index in [9.17, 15) is 0 Å². The molecule has 20 heavy (non-hydrogen) atoms. The normalized spacial score (nSPS) is 28.3. The summed E-state index contributed by atoms with van der Waals surface area (Å²) in [6.45, 7) is 8.21. The van der Waals surface area contributed by atoms with Gasteiger partial charge in [-0.3, -0.25) is 14.9 Å². The number of aryl methyl sites for hydroxylation is 1. The molecule has 0 spiro atoms. The average Bonchev–Trinajstić information content (AvgIpc) is 2.92. The summed E-state index contributed by atoms with van der Waals surface area (Å²) in [5.74, 6) is 0. The molecule has 3 rings (SSSR count). The van der Waals surface area contributed by atoms with Gasteiger partial charge >= 0.3 is 0 Å². The fraction of sp³-hybridized carbons (Fsp3) is 0.733. The maximum Gasteiger partial charge on any atom is 0.0827 e. The molecule has 0 bridgehead atoms. The highest BCUT2D eigenvalue weighted by molar-refractivity contribution is 5.12. The van der Waals surface area contributed by atoms with Gasteiger partial charge < -0.3 is 10.1 Å². The number of nitrogens with one attached hydrogen (secondary N) is 1. The van der Waals surface area contributed by atoms with Crippen LogP contribution in [-0.2, 0) is 4.74 Å². The number of hydrogen-bond donors (Lipinski definition) is 1. The van der Waals surface area contributed by atoms with Crippen LogP contribution in [0.2, 0.25) is 0 Å². The molecule has 0 amide bonds. The van der Waals surface area contributed by atoms with E-state index >= 15 is 0 Å². The van der Waals surface area contributed by atoms with E-state index in [0.717, 1.165) is 31.1 Å². The van der Waals surface area contributed by atoms with Crippen molar-refractivity contribution in [1.29, 1.82) is 0 Å². The molecular formula is C15H24N4O. The summed E-state index contributed by atoms with van der Waals surface area (Å²) in [6.07, 6.45) is 6.41. The van der Waals surface area contributed by atoms with E-state index in [2.05, 4.69) is 27.1 Å². The SMILES string of the molecule is Cc1nccnc1C(C)NCC1CN2CCCC2CO1. The first-order chi connectivity index (χ1) is 9.74. The highest BCUT2D eigenvalue weighted by Gasteiger charge is 2.32. The molecule has 0 aliphatic carbocycles. The third-order valence-corrected chi connectivity index (χ3v) is 4.44. The molecule has 3 unspecified atom stereocenters. The topological polar surface area (TPSA) is 50.3 Å². The zero-order valence-electron chi connectivity index (χ0n) is 12.4. The van der Waals surface area contributed by atoms with Crippen LogP contribution in [0.5, 0.6) is 0 Å². The van der Waals surface area contributed by atoms with Gasteiger partial charge in [0.25, 0.3) is 0 Å². The highest BCUT2D eigenvalue weighted by atomic mass is 16.5.